The van der Waals surface area contributed by atoms with Gasteiger partial charge in [0, 0.05) is 23.0 Å². The molecule has 0 atom stereocenters. The smallest absolute Gasteiger partial charge is 0.251 e. The van der Waals surface area contributed by atoms with Crippen LogP contribution < -0.4 is 5.56 Å². The van der Waals surface area contributed by atoms with Gasteiger partial charge in [-0.1, -0.05) is 17.7 Å². The van der Waals surface area contributed by atoms with E-state index in [0.29, 0.717) is 17.3 Å². The van der Waals surface area contributed by atoms with Crippen LogP contribution in [-0.2, 0) is 12.3 Å². The highest BCUT2D eigenvalue weighted by Crippen LogP contribution is 2.17. The number of rotatable bonds is 3. The van der Waals surface area contributed by atoms with Gasteiger partial charge in [-0.3, -0.25) is 4.79 Å². The molecule has 0 saturated heterocycles. The summed E-state index contributed by atoms with van der Waals surface area (Å²) in [6.07, 6.45) is 1.80. The van der Waals surface area contributed by atoms with Crippen molar-refractivity contribution >= 4 is 24.2 Å². The quantitative estimate of drug-likeness (QED) is 0.856. The molecule has 0 radical (unpaired) electrons. The number of hydrogen-bond acceptors (Lipinski definition) is 2. The third-order valence-corrected chi connectivity index (χ3v) is 3.29. The first-order valence-corrected chi connectivity index (χ1v) is 6.66. The first kappa shape index (κ1) is 13.2. The molecule has 0 amide bonds. The van der Waals surface area contributed by atoms with Crippen molar-refractivity contribution in [2.75, 3.05) is 0 Å². The molecular weight excluding hydrogens is 266 g/mol. The van der Waals surface area contributed by atoms with E-state index in [1.54, 1.807) is 16.8 Å². The monoisotopic (exact) mass is 279 g/mol. The highest BCUT2D eigenvalue weighted by Gasteiger charge is 2.02. The van der Waals surface area contributed by atoms with E-state index in [4.69, 9.17) is 11.6 Å². The molecule has 1 heterocycles. The third-order valence-electron chi connectivity index (χ3n) is 2.70. The third kappa shape index (κ3) is 3.18. The fraction of sp³-hybridized carbons (Fsp3) is 0.214. The first-order chi connectivity index (χ1) is 8.58. The van der Waals surface area contributed by atoms with Gasteiger partial charge in [0.1, 0.15) is 0 Å². The second-order valence-corrected chi connectivity index (χ2v) is 5.05. The average Bonchev–Trinajstić information content (AvgIpc) is 2.32. The van der Waals surface area contributed by atoms with Crippen LogP contribution in [0.5, 0.6) is 0 Å². The Morgan fingerprint density at radius 3 is 2.61 bits per heavy atom. The number of nitrogens with zero attached hydrogens (tertiary/aromatic N) is 1. The molecule has 2 rings (SSSR count). The van der Waals surface area contributed by atoms with Crippen molar-refractivity contribution in [3.8, 4) is 0 Å². The van der Waals surface area contributed by atoms with E-state index in [0.717, 1.165) is 16.7 Å². The number of thiol groups is 1. The lowest BCUT2D eigenvalue weighted by molar-refractivity contribution is 0.756. The summed E-state index contributed by atoms with van der Waals surface area (Å²) in [7, 11) is 0. The van der Waals surface area contributed by atoms with Crippen molar-refractivity contribution in [3.05, 3.63) is 68.6 Å². The summed E-state index contributed by atoms with van der Waals surface area (Å²) in [5.74, 6) is 0.635. The lowest BCUT2D eigenvalue weighted by Crippen LogP contribution is -2.19. The topological polar surface area (TPSA) is 22.0 Å². The van der Waals surface area contributed by atoms with Gasteiger partial charge in [0.25, 0.3) is 5.56 Å². The highest BCUT2D eigenvalue weighted by molar-refractivity contribution is 7.79. The van der Waals surface area contributed by atoms with E-state index in [-0.39, 0.29) is 5.56 Å². The summed E-state index contributed by atoms with van der Waals surface area (Å²) in [4.78, 5) is 11.8. The molecule has 1 aromatic carbocycles. The Balaban J connectivity index is 2.33. The molecule has 0 bridgehead atoms. The van der Waals surface area contributed by atoms with Crippen LogP contribution in [0.25, 0.3) is 0 Å². The summed E-state index contributed by atoms with van der Waals surface area (Å²) in [5.41, 5.74) is 3.04. The summed E-state index contributed by atoms with van der Waals surface area (Å²) in [5, 5.41) is 0.678. The summed E-state index contributed by atoms with van der Waals surface area (Å²) in [6, 6.07) is 9.33. The zero-order chi connectivity index (χ0) is 13.1. The van der Waals surface area contributed by atoms with Gasteiger partial charge < -0.3 is 4.57 Å². The van der Waals surface area contributed by atoms with Gasteiger partial charge in [0.15, 0.2) is 0 Å². The molecule has 2 nitrogen and oxygen atoms in total. The van der Waals surface area contributed by atoms with Gasteiger partial charge >= 0.3 is 0 Å². The van der Waals surface area contributed by atoms with Gasteiger partial charge in [-0.05, 0) is 41.8 Å². The fourth-order valence-electron chi connectivity index (χ4n) is 1.83. The zero-order valence-corrected chi connectivity index (χ0v) is 11.7. The van der Waals surface area contributed by atoms with Crippen molar-refractivity contribution in [3.63, 3.8) is 0 Å². The summed E-state index contributed by atoms with van der Waals surface area (Å²) < 4.78 is 1.67. The van der Waals surface area contributed by atoms with Gasteiger partial charge in [0.05, 0.1) is 6.54 Å². The minimum Gasteiger partial charge on any atom is -0.311 e. The van der Waals surface area contributed by atoms with E-state index in [1.165, 1.54) is 0 Å². The molecule has 18 heavy (non-hydrogen) atoms. The van der Waals surface area contributed by atoms with Gasteiger partial charge in [-0.15, -0.1) is 0 Å². The Morgan fingerprint density at radius 1 is 1.22 bits per heavy atom. The SMILES string of the molecule is Cc1ccn(Cc2cc(Cl)cc(CS)c2)c(=O)c1. The molecule has 94 valence electrons. The standard InChI is InChI=1S/C14H14ClNOS/c1-10-2-3-16(14(17)4-10)8-11-5-12(9-18)7-13(15)6-11/h2-7,18H,8-9H2,1H3. The Labute approximate surface area is 117 Å². The molecule has 2 aromatic rings. The number of halogens is 1. The van der Waals surface area contributed by atoms with Crippen molar-refractivity contribution in [1.82, 2.24) is 4.57 Å². The van der Waals surface area contributed by atoms with Crippen LogP contribution in [0.15, 0.2) is 41.3 Å². The van der Waals surface area contributed by atoms with Gasteiger partial charge in [0.2, 0.25) is 0 Å². The second kappa shape index (κ2) is 5.63. The maximum atomic E-state index is 11.8. The van der Waals surface area contributed by atoms with E-state index in [2.05, 4.69) is 12.6 Å². The van der Waals surface area contributed by atoms with Crippen LogP contribution >= 0.6 is 24.2 Å². The number of hydrogen-bond donors (Lipinski definition) is 1. The summed E-state index contributed by atoms with van der Waals surface area (Å²) >= 11 is 10.3. The normalized spacial score (nSPS) is 10.6. The van der Waals surface area contributed by atoms with E-state index in [9.17, 15) is 4.79 Å². The molecule has 0 aliphatic heterocycles. The lowest BCUT2D eigenvalue weighted by atomic mass is 10.1. The first-order valence-electron chi connectivity index (χ1n) is 5.65. The van der Waals surface area contributed by atoms with E-state index in [1.807, 2.05) is 31.2 Å². The Kier molecular flexibility index (Phi) is 4.15. The van der Waals surface area contributed by atoms with Gasteiger partial charge in [-0.25, -0.2) is 0 Å². The maximum absolute atomic E-state index is 11.8. The molecule has 4 heteroatoms. The summed E-state index contributed by atoms with van der Waals surface area (Å²) in [6.45, 7) is 2.44. The lowest BCUT2D eigenvalue weighted by Gasteiger charge is -2.08. The van der Waals surface area contributed by atoms with Crippen LogP contribution in [0.3, 0.4) is 0 Å². The predicted octanol–water partition coefficient (Wildman–Crippen LogP) is 3.29. The second-order valence-electron chi connectivity index (χ2n) is 4.30. The molecule has 0 spiro atoms. The molecule has 0 saturated carbocycles. The van der Waals surface area contributed by atoms with E-state index < -0.39 is 0 Å². The Bertz CT molecular complexity index is 621. The van der Waals surface area contributed by atoms with Crippen molar-refractivity contribution in [2.24, 2.45) is 0 Å². The van der Waals surface area contributed by atoms with Crippen LogP contribution in [0.4, 0.5) is 0 Å². The Morgan fingerprint density at radius 2 is 1.94 bits per heavy atom. The van der Waals surface area contributed by atoms with Crippen LogP contribution in [-0.4, -0.2) is 4.57 Å². The largest absolute Gasteiger partial charge is 0.311 e. The molecule has 0 unspecified atom stereocenters. The van der Waals surface area contributed by atoms with Crippen molar-refractivity contribution in [2.45, 2.75) is 19.2 Å². The van der Waals surface area contributed by atoms with Crippen LogP contribution in [0, 0.1) is 6.92 Å². The van der Waals surface area contributed by atoms with Gasteiger partial charge in [-0.2, -0.15) is 12.6 Å². The predicted molar refractivity (Wildman–Crippen MR) is 78.7 cm³/mol. The molecule has 0 aliphatic rings. The average molecular weight is 280 g/mol. The maximum Gasteiger partial charge on any atom is 0.251 e. The molecule has 1 aromatic heterocycles. The van der Waals surface area contributed by atoms with Crippen LogP contribution in [0.1, 0.15) is 16.7 Å². The minimum absolute atomic E-state index is 0.00222. The molecule has 0 aliphatic carbocycles. The fourth-order valence-corrected chi connectivity index (χ4v) is 2.30. The molecular formula is C14H14ClNOS. The molecule has 0 fully saturated rings. The zero-order valence-electron chi connectivity index (χ0n) is 10.1. The Hall–Kier alpha value is -1.19. The number of aromatic nitrogens is 1. The number of benzene rings is 1. The van der Waals surface area contributed by atoms with Crippen molar-refractivity contribution in [1.29, 1.82) is 0 Å². The van der Waals surface area contributed by atoms with Crippen molar-refractivity contribution < 1.29 is 0 Å². The van der Waals surface area contributed by atoms with E-state index >= 15 is 0 Å². The number of aryl methyl sites for hydroxylation is 1. The van der Waals surface area contributed by atoms with Crippen LogP contribution in [0.2, 0.25) is 5.02 Å². The minimum atomic E-state index is 0.00222. The highest BCUT2D eigenvalue weighted by atomic mass is 35.5. The number of pyridine rings is 1. The molecule has 0 N–H and O–H groups in total.